The second kappa shape index (κ2) is 9.62. The first-order chi connectivity index (χ1) is 13.3. The van der Waals surface area contributed by atoms with E-state index < -0.39 is 0 Å². The minimum absolute atomic E-state index is 0.272. The van der Waals surface area contributed by atoms with E-state index in [4.69, 9.17) is 9.47 Å². The van der Waals surface area contributed by atoms with E-state index in [1.165, 1.54) is 44.9 Å². The second-order valence-corrected chi connectivity index (χ2v) is 10.8. The highest BCUT2D eigenvalue weighted by molar-refractivity contribution is 4.91. The monoisotopic (exact) mass is 391 g/mol. The number of rotatable bonds is 9. The van der Waals surface area contributed by atoms with Crippen LogP contribution in [0.15, 0.2) is 12.7 Å². The van der Waals surface area contributed by atoms with Crippen molar-refractivity contribution in [1.29, 1.82) is 0 Å². The van der Waals surface area contributed by atoms with Crippen molar-refractivity contribution in [2.45, 2.75) is 110 Å². The van der Waals surface area contributed by atoms with E-state index in [1.807, 2.05) is 0 Å². The van der Waals surface area contributed by atoms with Gasteiger partial charge >= 0.3 is 0 Å². The van der Waals surface area contributed by atoms with Gasteiger partial charge in [-0.05, 0) is 55.8 Å². The molecule has 0 aromatic rings. The molecule has 1 heterocycles. The summed E-state index contributed by atoms with van der Waals surface area (Å²) < 4.78 is 12.8. The molecule has 0 aromatic carbocycles. The van der Waals surface area contributed by atoms with Gasteiger partial charge in [0.05, 0.1) is 12.7 Å². The maximum atomic E-state index is 6.55. The van der Waals surface area contributed by atoms with E-state index in [1.54, 1.807) is 0 Å². The molecular formula is C25H45NO2. The number of hydrogen-bond acceptors (Lipinski definition) is 3. The summed E-state index contributed by atoms with van der Waals surface area (Å²) in [4.78, 5) is 2.62. The van der Waals surface area contributed by atoms with Gasteiger partial charge in [-0.1, -0.05) is 46.6 Å². The summed E-state index contributed by atoms with van der Waals surface area (Å²) in [7, 11) is 0. The average Bonchev–Trinajstić information content (AvgIpc) is 3.29. The Hall–Kier alpha value is -0.380. The average molecular weight is 392 g/mol. The topological polar surface area (TPSA) is 21.7 Å². The summed E-state index contributed by atoms with van der Waals surface area (Å²) in [6.45, 7) is 16.5. The summed E-state index contributed by atoms with van der Waals surface area (Å²) in [6, 6.07) is 0.757. The van der Waals surface area contributed by atoms with Crippen molar-refractivity contribution in [2.24, 2.45) is 17.3 Å². The molecule has 162 valence electrons. The van der Waals surface area contributed by atoms with E-state index >= 15 is 0 Å². The Morgan fingerprint density at radius 1 is 1.14 bits per heavy atom. The molecule has 2 aliphatic carbocycles. The van der Waals surface area contributed by atoms with Crippen LogP contribution in [0.1, 0.15) is 91.9 Å². The van der Waals surface area contributed by atoms with Gasteiger partial charge in [-0.15, -0.1) is 6.58 Å². The van der Waals surface area contributed by atoms with Crippen LogP contribution in [0.25, 0.3) is 0 Å². The van der Waals surface area contributed by atoms with Crippen LogP contribution in [0.5, 0.6) is 0 Å². The summed E-state index contributed by atoms with van der Waals surface area (Å²) in [5.41, 5.74) is 0.431. The highest BCUT2D eigenvalue weighted by Crippen LogP contribution is 2.48. The van der Waals surface area contributed by atoms with E-state index in [2.05, 4.69) is 45.2 Å². The van der Waals surface area contributed by atoms with Crippen LogP contribution in [0.3, 0.4) is 0 Å². The Kier molecular flexibility index (Phi) is 7.66. The van der Waals surface area contributed by atoms with E-state index in [0.29, 0.717) is 5.41 Å². The van der Waals surface area contributed by atoms with Gasteiger partial charge in [-0.25, -0.2) is 0 Å². The minimum atomic E-state index is -0.272. The molecule has 1 saturated heterocycles. The first kappa shape index (κ1) is 22.3. The van der Waals surface area contributed by atoms with Crippen LogP contribution in [-0.2, 0) is 9.47 Å². The van der Waals surface area contributed by atoms with Gasteiger partial charge in [0.2, 0.25) is 0 Å². The lowest BCUT2D eigenvalue weighted by molar-refractivity contribution is -0.198. The molecule has 3 nitrogen and oxygen atoms in total. The minimum Gasteiger partial charge on any atom is -0.347 e. The SMILES string of the molecule is C=CCN(CCC1COC2(CCC(C(C)(C)CC(C)C)CC2)O1)C1CCCC1. The van der Waals surface area contributed by atoms with Crippen molar-refractivity contribution in [3.05, 3.63) is 12.7 Å². The van der Waals surface area contributed by atoms with Crippen molar-refractivity contribution in [3.8, 4) is 0 Å². The van der Waals surface area contributed by atoms with Crippen molar-refractivity contribution in [1.82, 2.24) is 4.90 Å². The fourth-order valence-electron chi connectivity index (χ4n) is 6.25. The Morgan fingerprint density at radius 2 is 1.82 bits per heavy atom. The van der Waals surface area contributed by atoms with Gasteiger partial charge < -0.3 is 9.47 Å². The summed E-state index contributed by atoms with van der Waals surface area (Å²) in [5, 5.41) is 0. The van der Waals surface area contributed by atoms with Gasteiger partial charge in [0.25, 0.3) is 0 Å². The summed E-state index contributed by atoms with van der Waals surface area (Å²) in [5.74, 6) is 1.30. The van der Waals surface area contributed by atoms with Gasteiger partial charge in [0.1, 0.15) is 0 Å². The van der Waals surface area contributed by atoms with Crippen molar-refractivity contribution in [3.63, 3.8) is 0 Å². The molecule has 2 saturated carbocycles. The van der Waals surface area contributed by atoms with Gasteiger partial charge in [-0.3, -0.25) is 4.90 Å². The van der Waals surface area contributed by atoms with Gasteiger partial charge in [-0.2, -0.15) is 0 Å². The summed E-state index contributed by atoms with van der Waals surface area (Å²) in [6.07, 6.45) is 14.9. The van der Waals surface area contributed by atoms with Gasteiger partial charge in [0, 0.05) is 32.0 Å². The maximum Gasteiger partial charge on any atom is 0.168 e. The third-order valence-corrected chi connectivity index (χ3v) is 7.64. The van der Waals surface area contributed by atoms with Crippen LogP contribution in [0, 0.1) is 17.3 Å². The molecule has 1 unspecified atom stereocenters. The zero-order valence-electron chi connectivity index (χ0n) is 19.0. The molecule has 0 N–H and O–H groups in total. The van der Waals surface area contributed by atoms with Crippen molar-refractivity contribution < 1.29 is 9.47 Å². The Morgan fingerprint density at radius 3 is 2.43 bits per heavy atom. The predicted octanol–water partition coefficient (Wildman–Crippen LogP) is 6.18. The van der Waals surface area contributed by atoms with Crippen molar-refractivity contribution in [2.75, 3.05) is 19.7 Å². The maximum absolute atomic E-state index is 6.55. The molecule has 3 rings (SSSR count). The number of hydrogen-bond donors (Lipinski definition) is 0. The van der Waals surface area contributed by atoms with Crippen LogP contribution < -0.4 is 0 Å². The quantitative estimate of drug-likeness (QED) is 0.438. The normalized spacial score (nSPS) is 32.1. The lowest BCUT2D eigenvalue weighted by Gasteiger charge is -2.43. The first-order valence-corrected chi connectivity index (χ1v) is 12.0. The lowest BCUT2D eigenvalue weighted by atomic mass is 9.66. The van der Waals surface area contributed by atoms with E-state index in [-0.39, 0.29) is 11.9 Å². The first-order valence-electron chi connectivity index (χ1n) is 12.0. The van der Waals surface area contributed by atoms with Crippen molar-refractivity contribution >= 4 is 0 Å². The highest BCUT2D eigenvalue weighted by Gasteiger charge is 2.46. The van der Waals surface area contributed by atoms with Crippen LogP contribution >= 0.6 is 0 Å². The molecule has 0 amide bonds. The van der Waals surface area contributed by atoms with Crippen LogP contribution in [0.2, 0.25) is 0 Å². The molecule has 1 spiro atoms. The van der Waals surface area contributed by atoms with E-state index in [9.17, 15) is 0 Å². The van der Waals surface area contributed by atoms with Crippen LogP contribution in [-0.4, -0.2) is 42.5 Å². The molecule has 1 aliphatic heterocycles. The standard InChI is InChI=1S/C25H45NO2/c1-6-16-26(22-9-7-8-10-22)17-13-23-19-27-25(28-23)14-11-21(12-15-25)24(4,5)18-20(2)3/h6,20-23H,1,7-19H2,2-5H3. The number of nitrogens with zero attached hydrogens (tertiary/aromatic N) is 1. The third kappa shape index (κ3) is 5.61. The molecule has 0 aromatic heterocycles. The smallest absolute Gasteiger partial charge is 0.168 e. The molecule has 0 radical (unpaired) electrons. The molecule has 0 bridgehead atoms. The fourth-order valence-corrected chi connectivity index (χ4v) is 6.25. The second-order valence-electron chi connectivity index (χ2n) is 10.8. The fraction of sp³-hybridized carbons (Fsp3) is 0.920. The molecule has 1 atom stereocenters. The Labute approximate surface area is 174 Å². The molecule has 3 heteroatoms. The van der Waals surface area contributed by atoms with Gasteiger partial charge in [0.15, 0.2) is 5.79 Å². The predicted molar refractivity (Wildman–Crippen MR) is 117 cm³/mol. The summed E-state index contributed by atoms with van der Waals surface area (Å²) >= 11 is 0. The zero-order valence-corrected chi connectivity index (χ0v) is 19.0. The lowest BCUT2D eigenvalue weighted by Crippen LogP contribution is -2.40. The van der Waals surface area contributed by atoms with E-state index in [0.717, 1.165) is 56.8 Å². The third-order valence-electron chi connectivity index (χ3n) is 7.64. The number of ether oxygens (including phenoxy) is 2. The molecule has 3 fully saturated rings. The molecule has 28 heavy (non-hydrogen) atoms. The highest BCUT2D eigenvalue weighted by atomic mass is 16.7. The molecular weight excluding hydrogens is 346 g/mol. The zero-order chi connectivity index (χ0) is 20.2. The Balaban J connectivity index is 1.45. The van der Waals surface area contributed by atoms with Crippen LogP contribution in [0.4, 0.5) is 0 Å². The Bertz CT molecular complexity index is 487. The molecule has 3 aliphatic rings. The largest absolute Gasteiger partial charge is 0.347 e.